The molecule has 0 saturated carbocycles. The van der Waals surface area contributed by atoms with Crippen LogP contribution in [0.1, 0.15) is 13.8 Å². The predicted octanol–water partition coefficient (Wildman–Crippen LogP) is 0.373. The summed E-state index contributed by atoms with van der Waals surface area (Å²) in [4.78, 5) is 4.02. The molecule has 1 unspecified atom stereocenters. The van der Waals surface area contributed by atoms with Crippen LogP contribution in [0.5, 0.6) is 0 Å². The molecule has 4 heteroatoms. The lowest BCUT2D eigenvalue weighted by molar-refractivity contribution is -0.0320. The molecule has 12 heavy (non-hydrogen) atoms. The largest absolute Gasteiger partial charge is 0.454 e. The van der Waals surface area contributed by atoms with Gasteiger partial charge in [0.1, 0.15) is 0 Å². The number of hydrogen-bond acceptors (Lipinski definition) is 4. The van der Waals surface area contributed by atoms with E-state index in [0.717, 1.165) is 0 Å². The van der Waals surface area contributed by atoms with E-state index in [4.69, 9.17) is 15.2 Å². The molecule has 1 heterocycles. The van der Waals surface area contributed by atoms with Crippen molar-refractivity contribution < 1.29 is 9.47 Å². The number of methoxy groups -OCH3 is 1. The summed E-state index contributed by atoms with van der Waals surface area (Å²) in [5.41, 5.74) is 5.12. The maximum absolute atomic E-state index is 5.45. The van der Waals surface area contributed by atoms with E-state index >= 15 is 0 Å². The minimum Gasteiger partial charge on any atom is -0.454 e. The molecule has 0 aromatic heterocycles. The minimum absolute atomic E-state index is 0.278. The van der Waals surface area contributed by atoms with Crippen LogP contribution >= 0.6 is 0 Å². The molecule has 0 saturated heterocycles. The molecule has 0 spiro atoms. The topological polar surface area (TPSA) is 56.8 Å². The monoisotopic (exact) mass is 172 g/mol. The van der Waals surface area contributed by atoms with Gasteiger partial charge in [-0.05, 0) is 5.92 Å². The van der Waals surface area contributed by atoms with E-state index in [1.54, 1.807) is 7.11 Å². The SMILES string of the molecule is COCC1(C(C)C)CN=C(N)O1. The normalized spacial score (nSPS) is 28.8. The van der Waals surface area contributed by atoms with Gasteiger partial charge in [-0.25, -0.2) is 4.99 Å². The van der Waals surface area contributed by atoms with Crippen LogP contribution in [0, 0.1) is 5.92 Å². The van der Waals surface area contributed by atoms with Crippen LogP contribution in [0.3, 0.4) is 0 Å². The highest BCUT2D eigenvalue weighted by Crippen LogP contribution is 2.26. The van der Waals surface area contributed by atoms with Gasteiger partial charge in [-0.1, -0.05) is 13.8 Å². The van der Waals surface area contributed by atoms with Crippen LogP contribution in [0.2, 0.25) is 0 Å². The Hall–Kier alpha value is -0.770. The van der Waals surface area contributed by atoms with Gasteiger partial charge in [-0.15, -0.1) is 0 Å². The summed E-state index contributed by atoms with van der Waals surface area (Å²) in [5.74, 6) is 0.349. The van der Waals surface area contributed by atoms with E-state index in [2.05, 4.69) is 18.8 Å². The van der Waals surface area contributed by atoms with Crippen molar-refractivity contribution in [1.82, 2.24) is 0 Å². The molecule has 0 aromatic carbocycles. The standard InChI is InChI=1S/C8H16N2O2/c1-6(2)8(5-11-3)4-10-7(9)12-8/h6H,4-5H2,1-3H3,(H2,9,10). The van der Waals surface area contributed by atoms with E-state index in [9.17, 15) is 0 Å². The zero-order valence-corrected chi connectivity index (χ0v) is 7.83. The first-order chi connectivity index (χ1) is 5.60. The average molecular weight is 172 g/mol. The molecular formula is C8H16N2O2. The van der Waals surface area contributed by atoms with Crippen molar-refractivity contribution >= 4 is 6.02 Å². The van der Waals surface area contributed by atoms with E-state index < -0.39 is 0 Å². The zero-order chi connectivity index (χ0) is 9.19. The minimum atomic E-state index is -0.334. The summed E-state index contributed by atoms with van der Waals surface area (Å²) in [6, 6.07) is 0.278. The first kappa shape index (κ1) is 9.32. The third kappa shape index (κ3) is 1.53. The van der Waals surface area contributed by atoms with Crippen molar-refractivity contribution in [2.24, 2.45) is 16.6 Å². The van der Waals surface area contributed by atoms with E-state index in [0.29, 0.717) is 19.1 Å². The molecule has 4 nitrogen and oxygen atoms in total. The van der Waals surface area contributed by atoms with Crippen molar-refractivity contribution in [1.29, 1.82) is 0 Å². The van der Waals surface area contributed by atoms with Crippen LogP contribution in [0.4, 0.5) is 0 Å². The van der Waals surface area contributed by atoms with Gasteiger partial charge in [-0.3, -0.25) is 0 Å². The summed E-state index contributed by atoms with van der Waals surface area (Å²) in [6.07, 6.45) is 0. The molecule has 1 aliphatic heterocycles. The Balaban J connectivity index is 2.64. The number of rotatable bonds is 3. The molecular weight excluding hydrogens is 156 g/mol. The molecule has 1 aliphatic rings. The van der Waals surface area contributed by atoms with Crippen molar-refractivity contribution in [2.45, 2.75) is 19.4 Å². The molecule has 2 N–H and O–H groups in total. The molecule has 0 radical (unpaired) electrons. The van der Waals surface area contributed by atoms with Crippen molar-refractivity contribution in [3.8, 4) is 0 Å². The Morgan fingerprint density at radius 1 is 1.75 bits per heavy atom. The van der Waals surface area contributed by atoms with Gasteiger partial charge in [0.15, 0.2) is 5.60 Å². The highest BCUT2D eigenvalue weighted by atomic mass is 16.6. The van der Waals surface area contributed by atoms with Crippen molar-refractivity contribution in [2.75, 3.05) is 20.3 Å². The molecule has 0 bridgehead atoms. The lowest BCUT2D eigenvalue weighted by Crippen LogP contribution is -2.44. The number of nitrogens with zero attached hydrogens (tertiary/aromatic N) is 1. The number of nitrogens with two attached hydrogens (primary N) is 1. The third-order valence-electron chi connectivity index (χ3n) is 2.25. The van der Waals surface area contributed by atoms with Crippen LogP contribution in [0.25, 0.3) is 0 Å². The second-order valence-corrected chi connectivity index (χ2v) is 3.41. The number of ether oxygens (including phenoxy) is 2. The maximum atomic E-state index is 5.45. The molecule has 1 rings (SSSR count). The summed E-state index contributed by atoms with van der Waals surface area (Å²) >= 11 is 0. The van der Waals surface area contributed by atoms with Gasteiger partial charge < -0.3 is 15.2 Å². The van der Waals surface area contributed by atoms with Gasteiger partial charge in [-0.2, -0.15) is 0 Å². The zero-order valence-electron chi connectivity index (χ0n) is 7.83. The Bertz CT molecular complexity index is 191. The summed E-state index contributed by atoms with van der Waals surface area (Å²) in [7, 11) is 1.65. The Labute approximate surface area is 72.8 Å². The smallest absolute Gasteiger partial charge is 0.282 e. The van der Waals surface area contributed by atoms with Crippen LogP contribution in [0.15, 0.2) is 4.99 Å². The van der Waals surface area contributed by atoms with E-state index in [1.165, 1.54) is 0 Å². The molecule has 0 aliphatic carbocycles. The Kier molecular flexibility index (Phi) is 2.57. The third-order valence-corrected chi connectivity index (χ3v) is 2.25. The van der Waals surface area contributed by atoms with Crippen molar-refractivity contribution in [3.05, 3.63) is 0 Å². The Morgan fingerprint density at radius 2 is 2.42 bits per heavy atom. The van der Waals surface area contributed by atoms with E-state index in [-0.39, 0.29) is 11.6 Å². The highest BCUT2D eigenvalue weighted by molar-refractivity contribution is 5.73. The first-order valence-electron chi connectivity index (χ1n) is 4.08. The molecule has 0 amide bonds. The summed E-state index contributed by atoms with van der Waals surface area (Å²) in [5, 5.41) is 0. The quantitative estimate of drug-likeness (QED) is 0.669. The second-order valence-electron chi connectivity index (χ2n) is 3.41. The van der Waals surface area contributed by atoms with Crippen LogP contribution in [-0.4, -0.2) is 31.9 Å². The van der Waals surface area contributed by atoms with Gasteiger partial charge >= 0.3 is 0 Å². The fourth-order valence-corrected chi connectivity index (χ4v) is 1.27. The van der Waals surface area contributed by atoms with Gasteiger partial charge in [0.2, 0.25) is 0 Å². The lowest BCUT2D eigenvalue weighted by atomic mass is 9.91. The van der Waals surface area contributed by atoms with Gasteiger partial charge in [0.05, 0.1) is 13.2 Å². The average Bonchev–Trinajstić information content (AvgIpc) is 2.34. The summed E-state index contributed by atoms with van der Waals surface area (Å²) < 4.78 is 10.5. The molecule has 0 fully saturated rings. The molecule has 0 aromatic rings. The fourth-order valence-electron chi connectivity index (χ4n) is 1.27. The van der Waals surface area contributed by atoms with Crippen LogP contribution in [-0.2, 0) is 9.47 Å². The summed E-state index contributed by atoms with van der Waals surface area (Å²) in [6.45, 7) is 5.29. The number of amidine groups is 1. The number of hydrogen-bond donors (Lipinski definition) is 1. The maximum Gasteiger partial charge on any atom is 0.282 e. The first-order valence-corrected chi connectivity index (χ1v) is 4.08. The van der Waals surface area contributed by atoms with Crippen molar-refractivity contribution in [3.63, 3.8) is 0 Å². The van der Waals surface area contributed by atoms with Crippen LogP contribution < -0.4 is 5.73 Å². The Morgan fingerprint density at radius 3 is 2.75 bits per heavy atom. The van der Waals surface area contributed by atoms with Gasteiger partial charge in [0.25, 0.3) is 6.02 Å². The second kappa shape index (κ2) is 3.31. The molecule has 70 valence electrons. The fraction of sp³-hybridized carbons (Fsp3) is 0.875. The lowest BCUT2D eigenvalue weighted by Gasteiger charge is -2.30. The van der Waals surface area contributed by atoms with E-state index in [1.807, 2.05) is 0 Å². The number of aliphatic imine (C=N–C) groups is 1. The van der Waals surface area contributed by atoms with Gasteiger partial charge in [0, 0.05) is 7.11 Å². The highest BCUT2D eigenvalue weighted by Gasteiger charge is 2.40. The molecule has 1 atom stereocenters. The predicted molar refractivity (Wildman–Crippen MR) is 47.0 cm³/mol.